The van der Waals surface area contributed by atoms with Gasteiger partial charge in [-0.05, 0) is 0 Å². The topological polar surface area (TPSA) is 37.3 Å². The van der Waals surface area contributed by atoms with E-state index in [9.17, 15) is 0 Å². The minimum atomic E-state index is -0.833. The molecule has 0 aromatic rings. The Balaban J connectivity index is -0.0000000150. The highest BCUT2D eigenvalue weighted by atomic mass is 35.5. The average molecular weight is 169 g/mol. The normalized spacial score (nSPS) is 3.57. The molecule has 0 amide bonds. The van der Waals surface area contributed by atoms with Crippen LogP contribution in [-0.2, 0) is 4.79 Å². The van der Waals surface area contributed by atoms with Gasteiger partial charge in [0, 0.05) is 6.92 Å². The highest BCUT2D eigenvalue weighted by Crippen LogP contribution is 1.42. The van der Waals surface area contributed by atoms with Crippen LogP contribution in [0.15, 0.2) is 0 Å². The van der Waals surface area contributed by atoms with E-state index in [1.54, 1.807) is 0 Å². The van der Waals surface area contributed by atoms with Crippen molar-refractivity contribution in [2.24, 2.45) is 0 Å². The van der Waals surface area contributed by atoms with E-state index in [1.807, 2.05) is 0 Å². The van der Waals surface area contributed by atoms with Gasteiger partial charge < -0.3 is 5.11 Å². The number of aliphatic carboxylic acids is 1. The van der Waals surface area contributed by atoms with Crippen molar-refractivity contribution in [1.82, 2.24) is 0 Å². The summed E-state index contributed by atoms with van der Waals surface area (Å²) in [7, 11) is 0. The minimum absolute atomic E-state index is 0. The van der Waals surface area contributed by atoms with E-state index in [-0.39, 0.29) is 37.2 Å². The molecule has 0 aliphatic carbocycles. The van der Waals surface area contributed by atoms with Crippen molar-refractivity contribution in [1.29, 1.82) is 0 Å². The van der Waals surface area contributed by atoms with Gasteiger partial charge >= 0.3 is 0 Å². The molecule has 0 aliphatic rings. The van der Waals surface area contributed by atoms with E-state index in [0.717, 1.165) is 6.92 Å². The van der Waals surface area contributed by atoms with Crippen LogP contribution in [0.3, 0.4) is 0 Å². The van der Waals surface area contributed by atoms with Gasteiger partial charge in [0.1, 0.15) is 0 Å². The predicted octanol–water partition coefficient (Wildman–Crippen LogP) is 1.36. The molecular weight excluding hydrogens is 162 g/mol. The van der Waals surface area contributed by atoms with Gasteiger partial charge in [-0.2, -0.15) is 0 Å². The lowest BCUT2D eigenvalue weighted by atomic mass is 10.9. The van der Waals surface area contributed by atoms with Crippen molar-refractivity contribution < 1.29 is 9.90 Å². The van der Waals surface area contributed by atoms with Gasteiger partial charge in [-0.25, -0.2) is 0 Å². The molecule has 0 atom stereocenters. The third-order valence-electron chi connectivity index (χ3n) is 0. The summed E-state index contributed by atoms with van der Waals surface area (Å²) in [4.78, 5) is 9.00. The fourth-order valence-electron chi connectivity index (χ4n) is 0. The van der Waals surface area contributed by atoms with Crippen molar-refractivity contribution in [3.8, 4) is 0 Å². The van der Waals surface area contributed by atoms with Crippen LogP contribution in [0.5, 0.6) is 0 Å². The molecule has 48 valence electrons. The molecule has 0 unspecified atom stereocenters. The van der Waals surface area contributed by atoms with Gasteiger partial charge in [-0.15, -0.1) is 37.2 Å². The number of rotatable bonds is 0. The average Bonchev–Trinajstić information content (AvgIpc) is 0.811. The van der Waals surface area contributed by atoms with E-state index in [0.29, 0.717) is 0 Å². The van der Waals surface area contributed by atoms with Crippen LogP contribution in [0, 0.1) is 0 Å². The molecule has 0 aromatic heterocycles. The minimum Gasteiger partial charge on any atom is -0.481 e. The first-order valence-electron chi connectivity index (χ1n) is 0.928. The molecule has 7 heavy (non-hydrogen) atoms. The third kappa shape index (κ3) is 1030. The quantitative estimate of drug-likeness (QED) is 0.594. The second kappa shape index (κ2) is 16.2. The fourth-order valence-corrected chi connectivity index (χ4v) is 0. The van der Waals surface area contributed by atoms with Gasteiger partial charge in [-0.3, -0.25) is 4.79 Å². The Morgan fingerprint density at radius 1 is 1.29 bits per heavy atom. The Morgan fingerprint density at radius 3 is 1.29 bits per heavy atom. The molecule has 2 nitrogen and oxygen atoms in total. The summed E-state index contributed by atoms with van der Waals surface area (Å²) < 4.78 is 0. The molecule has 0 bridgehead atoms. The van der Waals surface area contributed by atoms with E-state index in [2.05, 4.69) is 0 Å². The molecule has 0 saturated heterocycles. The van der Waals surface area contributed by atoms with Crippen molar-refractivity contribution in [3.63, 3.8) is 0 Å². The number of halogens is 3. The SMILES string of the molecule is CC(=O)O.Cl.Cl.Cl. The van der Waals surface area contributed by atoms with E-state index < -0.39 is 5.97 Å². The van der Waals surface area contributed by atoms with Crippen LogP contribution in [0.2, 0.25) is 0 Å². The first kappa shape index (κ1) is 26.4. The van der Waals surface area contributed by atoms with Crippen LogP contribution in [-0.4, -0.2) is 11.1 Å². The first-order valence-corrected chi connectivity index (χ1v) is 0.928. The van der Waals surface area contributed by atoms with E-state index >= 15 is 0 Å². The van der Waals surface area contributed by atoms with Crippen molar-refractivity contribution in [2.75, 3.05) is 0 Å². The molecule has 5 heteroatoms. The Labute approximate surface area is 60.5 Å². The van der Waals surface area contributed by atoms with Crippen LogP contribution in [0.1, 0.15) is 6.92 Å². The maximum Gasteiger partial charge on any atom is 0.300 e. The van der Waals surface area contributed by atoms with Gasteiger partial charge in [0.05, 0.1) is 0 Å². The van der Waals surface area contributed by atoms with Crippen LogP contribution < -0.4 is 0 Å². The Hall–Kier alpha value is 0.340. The third-order valence-corrected chi connectivity index (χ3v) is 0. The standard InChI is InChI=1S/C2H4O2.3ClH/c1-2(3)4;;;/h1H3,(H,3,4);3*1H. The smallest absolute Gasteiger partial charge is 0.300 e. The van der Waals surface area contributed by atoms with Gasteiger partial charge in [0.2, 0.25) is 0 Å². The van der Waals surface area contributed by atoms with Crippen LogP contribution in [0.25, 0.3) is 0 Å². The molecule has 0 rings (SSSR count). The van der Waals surface area contributed by atoms with Crippen molar-refractivity contribution in [3.05, 3.63) is 0 Å². The van der Waals surface area contributed by atoms with Crippen LogP contribution >= 0.6 is 37.2 Å². The zero-order valence-corrected chi connectivity index (χ0v) is 6.03. The second-order valence-electron chi connectivity index (χ2n) is 0.519. The Bertz CT molecular complexity index is 33.9. The predicted molar refractivity (Wildman–Crippen MR) is 35.1 cm³/mol. The zero-order chi connectivity index (χ0) is 3.58. The number of hydrogen-bond acceptors (Lipinski definition) is 1. The maximum atomic E-state index is 9.00. The molecule has 0 saturated carbocycles. The molecule has 0 radical (unpaired) electrons. The molecular formula is C2H7Cl3O2. The number of carboxylic acid groups (broad SMARTS) is 1. The summed E-state index contributed by atoms with van der Waals surface area (Å²) in [5, 5.41) is 7.42. The summed E-state index contributed by atoms with van der Waals surface area (Å²) in [6.07, 6.45) is 0. The summed E-state index contributed by atoms with van der Waals surface area (Å²) in [6.45, 7) is 1.08. The second-order valence-corrected chi connectivity index (χ2v) is 0.519. The number of hydrogen-bond donors (Lipinski definition) is 1. The molecule has 1 N–H and O–H groups in total. The zero-order valence-electron chi connectivity index (χ0n) is 3.58. The summed E-state index contributed by atoms with van der Waals surface area (Å²) in [6, 6.07) is 0. The fraction of sp³-hybridized carbons (Fsp3) is 0.500. The highest BCUT2D eigenvalue weighted by Gasteiger charge is 1.65. The lowest BCUT2D eigenvalue weighted by molar-refractivity contribution is -0.134. The lowest BCUT2D eigenvalue weighted by Crippen LogP contribution is -1.78. The molecule has 0 aliphatic heterocycles. The number of carboxylic acids is 1. The molecule has 0 heterocycles. The van der Waals surface area contributed by atoms with E-state index in [4.69, 9.17) is 9.90 Å². The summed E-state index contributed by atoms with van der Waals surface area (Å²) in [5.74, 6) is -0.833. The lowest BCUT2D eigenvalue weighted by Gasteiger charge is -1.59. The molecule has 0 spiro atoms. The van der Waals surface area contributed by atoms with Gasteiger partial charge in [0.15, 0.2) is 0 Å². The van der Waals surface area contributed by atoms with Crippen molar-refractivity contribution >= 4 is 43.2 Å². The highest BCUT2D eigenvalue weighted by molar-refractivity contribution is 5.86. The van der Waals surface area contributed by atoms with Crippen LogP contribution in [0.4, 0.5) is 0 Å². The Kier molecular flexibility index (Phi) is 61.2. The summed E-state index contributed by atoms with van der Waals surface area (Å²) >= 11 is 0. The summed E-state index contributed by atoms with van der Waals surface area (Å²) in [5.41, 5.74) is 0. The first-order chi connectivity index (χ1) is 1.73. The van der Waals surface area contributed by atoms with Crippen molar-refractivity contribution in [2.45, 2.75) is 6.92 Å². The monoisotopic (exact) mass is 168 g/mol. The molecule has 0 aromatic carbocycles. The Morgan fingerprint density at radius 2 is 1.29 bits per heavy atom. The van der Waals surface area contributed by atoms with E-state index in [1.165, 1.54) is 0 Å². The molecule has 0 fully saturated rings. The maximum absolute atomic E-state index is 9.00. The largest absolute Gasteiger partial charge is 0.481 e. The number of carbonyl (C=O) groups is 1. The van der Waals surface area contributed by atoms with Gasteiger partial charge in [-0.1, -0.05) is 0 Å². The van der Waals surface area contributed by atoms with Gasteiger partial charge in [0.25, 0.3) is 5.97 Å².